The third kappa shape index (κ3) is 4.89. The van der Waals surface area contributed by atoms with E-state index in [1.165, 1.54) is 6.07 Å². The third-order valence-corrected chi connectivity index (χ3v) is 2.77. The molecule has 0 bridgehead atoms. The Hall–Kier alpha value is -2.08. The smallest absolute Gasteiger partial charge is 0.326 e. The fourth-order valence-corrected chi connectivity index (χ4v) is 1.67. The van der Waals surface area contributed by atoms with E-state index in [-0.39, 0.29) is 13.0 Å². The number of carbonyl (C=O) groups excluding carboxylic acids is 2. The molecule has 0 aromatic heterocycles. The van der Waals surface area contributed by atoms with Gasteiger partial charge >= 0.3 is 5.97 Å². The van der Waals surface area contributed by atoms with Crippen molar-refractivity contribution in [3.05, 3.63) is 34.9 Å². The third-order valence-electron chi connectivity index (χ3n) is 2.54. The van der Waals surface area contributed by atoms with E-state index < -0.39 is 23.8 Å². The van der Waals surface area contributed by atoms with Crippen LogP contribution in [0, 0.1) is 0 Å². The van der Waals surface area contributed by atoms with Crippen molar-refractivity contribution < 1.29 is 19.5 Å². The van der Waals surface area contributed by atoms with Gasteiger partial charge in [0.25, 0.3) is 5.91 Å². The van der Waals surface area contributed by atoms with Gasteiger partial charge in [-0.1, -0.05) is 24.6 Å². The minimum Gasteiger partial charge on any atom is -0.480 e. The summed E-state index contributed by atoms with van der Waals surface area (Å²) in [6, 6.07) is 5.33. The monoisotopic (exact) mass is 298 g/mol. The Morgan fingerprint density at radius 1 is 1.35 bits per heavy atom. The van der Waals surface area contributed by atoms with Gasteiger partial charge in [0.05, 0.1) is 6.54 Å². The molecule has 20 heavy (non-hydrogen) atoms. The standard InChI is InChI=1S/C13H15ClN2O4/c1-2-10(13(19)20)16-11(17)7-15-12(18)8-4-3-5-9(14)6-8/h3-6,10H,2,7H2,1H3,(H,15,18)(H,16,17)(H,19,20)/t10-/m0/s1. The number of carboxylic acids is 1. The van der Waals surface area contributed by atoms with Crippen LogP contribution in [0.5, 0.6) is 0 Å². The Kier molecular flexibility index (Phi) is 5.99. The molecule has 6 nitrogen and oxygen atoms in total. The Bertz CT molecular complexity index is 519. The van der Waals surface area contributed by atoms with Gasteiger partial charge in [-0.05, 0) is 24.6 Å². The van der Waals surface area contributed by atoms with Crippen LogP contribution in [0.4, 0.5) is 0 Å². The molecule has 0 heterocycles. The van der Waals surface area contributed by atoms with Gasteiger partial charge < -0.3 is 15.7 Å². The lowest BCUT2D eigenvalue weighted by atomic mass is 10.2. The number of halogens is 1. The number of carbonyl (C=O) groups is 3. The Labute approximate surface area is 121 Å². The summed E-state index contributed by atoms with van der Waals surface area (Å²) in [4.78, 5) is 34.0. The lowest BCUT2D eigenvalue weighted by Gasteiger charge is -2.12. The lowest BCUT2D eigenvalue weighted by Crippen LogP contribution is -2.45. The van der Waals surface area contributed by atoms with Crippen molar-refractivity contribution >= 4 is 29.4 Å². The van der Waals surface area contributed by atoms with Crippen molar-refractivity contribution in [1.29, 1.82) is 0 Å². The van der Waals surface area contributed by atoms with Crippen LogP contribution in [-0.4, -0.2) is 35.5 Å². The van der Waals surface area contributed by atoms with Gasteiger partial charge in [-0.2, -0.15) is 0 Å². The number of benzene rings is 1. The predicted molar refractivity (Wildman–Crippen MR) is 73.6 cm³/mol. The highest BCUT2D eigenvalue weighted by Gasteiger charge is 2.17. The van der Waals surface area contributed by atoms with Crippen molar-refractivity contribution in [2.24, 2.45) is 0 Å². The summed E-state index contributed by atoms with van der Waals surface area (Å²) >= 11 is 5.75. The fourth-order valence-electron chi connectivity index (χ4n) is 1.48. The number of aliphatic carboxylic acids is 1. The molecule has 3 N–H and O–H groups in total. The van der Waals surface area contributed by atoms with Crippen LogP contribution in [0.1, 0.15) is 23.7 Å². The molecule has 0 saturated heterocycles. The van der Waals surface area contributed by atoms with Crippen molar-refractivity contribution in [3.8, 4) is 0 Å². The number of rotatable bonds is 6. The highest BCUT2D eigenvalue weighted by molar-refractivity contribution is 6.30. The number of carboxylic acid groups (broad SMARTS) is 1. The average molecular weight is 299 g/mol. The summed E-state index contributed by atoms with van der Waals surface area (Å²) in [5.41, 5.74) is 0.329. The minimum absolute atomic E-state index is 0.267. The second kappa shape index (κ2) is 7.49. The molecule has 0 aliphatic rings. The van der Waals surface area contributed by atoms with Crippen LogP contribution in [0.2, 0.25) is 5.02 Å². The average Bonchev–Trinajstić information content (AvgIpc) is 2.41. The molecule has 108 valence electrons. The number of nitrogens with one attached hydrogen (secondary N) is 2. The van der Waals surface area contributed by atoms with Crippen LogP contribution < -0.4 is 10.6 Å². The van der Waals surface area contributed by atoms with E-state index in [4.69, 9.17) is 16.7 Å². The molecule has 0 fully saturated rings. The molecule has 1 aromatic carbocycles. The maximum absolute atomic E-state index is 11.7. The second-order valence-corrected chi connectivity index (χ2v) is 4.50. The zero-order valence-corrected chi connectivity index (χ0v) is 11.6. The van der Waals surface area contributed by atoms with Crippen molar-refractivity contribution in [2.45, 2.75) is 19.4 Å². The first-order valence-electron chi connectivity index (χ1n) is 6.00. The summed E-state index contributed by atoms with van der Waals surface area (Å²) in [6.07, 6.45) is 0.267. The molecule has 0 aliphatic carbocycles. The first-order chi connectivity index (χ1) is 9.43. The van der Waals surface area contributed by atoms with E-state index in [2.05, 4.69) is 10.6 Å². The highest BCUT2D eigenvalue weighted by atomic mass is 35.5. The molecule has 0 saturated carbocycles. The fraction of sp³-hybridized carbons (Fsp3) is 0.308. The first kappa shape index (κ1) is 16.0. The molecular weight excluding hydrogens is 284 g/mol. The molecule has 1 atom stereocenters. The van der Waals surface area contributed by atoms with Crippen LogP contribution >= 0.6 is 11.6 Å². The van der Waals surface area contributed by atoms with Crippen LogP contribution in [0.15, 0.2) is 24.3 Å². The molecule has 7 heteroatoms. The minimum atomic E-state index is -1.11. The summed E-state index contributed by atoms with van der Waals surface area (Å²) in [5, 5.41) is 13.9. The van der Waals surface area contributed by atoms with E-state index >= 15 is 0 Å². The van der Waals surface area contributed by atoms with Crippen LogP contribution in [0.3, 0.4) is 0 Å². The molecule has 0 radical (unpaired) electrons. The molecule has 0 unspecified atom stereocenters. The summed E-state index contributed by atoms with van der Waals surface area (Å²) in [5.74, 6) is -2.12. The molecule has 2 amide bonds. The normalized spacial score (nSPS) is 11.5. The van der Waals surface area contributed by atoms with E-state index in [0.717, 1.165) is 0 Å². The van der Waals surface area contributed by atoms with E-state index in [0.29, 0.717) is 10.6 Å². The second-order valence-electron chi connectivity index (χ2n) is 4.06. The first-order valence-corrected chi connectivity index (χ1v) is 6.37. The summed E-state index contributed by atoms with van der Waals surface area (Å²) < 4.78 is 0. The van der Waals surface area contributed by atoms with Crippen LogP contribution in [0.25, 0.3) is 0 Å². The van der Waals surface area contributed by atoms with E-state index in [1.54, 1.807) is 25.1 Å². The number of hydrogen-bond acceptors (Lipinski definition) is 3. The number of hydrogen-bond donors (Lipinski definition) is 3. The zero-order chi connectivity index (χ0) is 15.1. The van der Waals surface area contributed by atoms with Gasteiger partial charge in [0.15, 0.2) is 0 Å². The molecule has 0 spiro atoms. The summed E-state index contributed by atoms with van der Waals surface area (Å²) in [7, 11) is 0. The van der Waals surface area contributed by atoms with Gasteiger partial charge in [0, 0.05) is 10.6 Å². The topological polar surface area (TPSA) is 95.5 Å². The summed E-state index contributed by atoms with van der Waals surface area (Å²) in [6.45, 7) is 1.35. The zero-order valence-electron chi connectivity index (χ0n) is 10.9. The van der Waals surface area contributed by atoms with Gasteiger partial charge in [0.1, 0.15) is 6.04 Å². The Balaban J connectivity index is 2.49. The Morgan fingerprint density at radius 2 is 2.05 bits per heavy atom. The highest BCUT2D eigenvalue weighted by Crippen LogP contribution is 2.10. The van der Waals surface area contributed by atoms with Gasteiger partial charge in [-0.15, -0.1) is 0 Å². The molecule has 0 aliphatic heterocycles. The predicted octanol–water partition coefficient (Wildman–Crippen LogP) is 1.05. The molecule has 1 rings (SSSR count). The quantitative estimate of drug-likeness (QED) is 0.731. The van der Waals surface area contributed by atoms with Crippen molar-refractivity contribution in [1.82, 2.24) is 10.6 Å². The molecular formula is C13H15ClN2O4. The SMILES string of the molecule is CC[C@H](NC(=O)CNC(=O)c1cccc(Cl)c1)C(=O)O. The van der Waals surface area contributed by atoms with Crippen LogP contribution in [-0.2, 0) is 9.59 Å². The van der Waals surface area contributed by atoms with E-state index in [9.17, 15) is 14.4 Å². The van der Waals surface area contributed by atoms with Gasteiger partial charge in [0.2, 0.25) is 5.91 Å². The molecule has 1 aromatic rings. The largest absolute Gasteiger partial charge is 0.480 e. The van der Waals surface area contributed by atoms with Gasteiger partial charge in [-0.25, -0.2) is 4.79 Å². The van der Waals surface area contributed by atoms with Gasteiger partial charge in [-0.3, -0.25) is 9.59 Å². The maximum Gasteiger partial charge on any atom is 0.326 e. The lowest BCUT2D eigenvalue weighted by molar-refractivity contribution is -0.141. The van der Waals surface area contributed by atoms with Crippen molar-refractivity contribution in [3.63, 3.8) is 0 Å². The number of amides is 2. The van der Waals surface area contributed by atoms with Crippen molar-refractivity contribution in [2.75, 3.05) is 6.54 Å². The Morgan fingerprint density at radius 3 is 2.60 bits per heavy atom. The maximum atomic E-state index is 11.7. The van der Waals surface area contributed by atoms with E-state index in [1.807, 2.05) is 0 Å².